The average molecular weight is 363 g/mol. The maximum absolute atomic E-state index is 12.5. The van der Waals surface area contributed by atoms with E-state index in [0.717, 1.165) is 17.1 Å². The Morgan fingerprint density at radius 1 is 0.926 bits per heavy atom. The van der Waals surface area contributed by atoms with Gasteiger partial charge in [0, 0.05) is 24.0 Å². The molecule has 2 N–H and O–H groups in total. The highest BCUT2D eigenvalue weighted by atomic mass is 16.5. The lowest BCUT2D eigenvalue weighted by Gasteiger charge is -2.09. The van der Waals surface area contributed by atoms with E-state index in [9.17, 15) is 4.79 Å². The highest BCUT2D eigenvalue weighted by molar-refractivity contribution is 6.04. The van der Waals surface area contributed by atoms with Crippen LogP contribution in [0, 0.1) is 0 Å². The molecular formula is C21H21N3O3. The standard InChI is InChI=1S/C21H21N3O3/c1-26-18-7-3-15(4-8-18)14-23-20-13-16(11-12-22-20)21(25)24-17-5-9-19(27-2)10-6-17/h3-13H,14H2,1-2H3,(H,22,23)(H,24,25). The number of carbonyl (C=O) groups is 1. The van der Waals surface area contributed by atoms with Crippen molar-refractivity contribution in [1.29, 1.82) is 0 Å². The van der Waals surface area contributed by atoms with E-state index in [1.54, 1.807) is 56.8 Å². The Hall–Kier alpha value is -3.54. The molecule has 0 aliphatic rings. The van der Waals surface area contributed by atoms with E-state index >= 15 is 0 Å². The van der Waals surface area contributed by atoms with Gasteiger partial charge in [-0.15, -0.1) is 0 Å². The van der Waals surface area contributed by atoms with Gasteiger partial charge in [0.1, 0.15) is 17.3 Å². The molecule has 0 aliphatic heterocycles. The third-order valence-electron chi connectivity index (χ3n) is 4.00. The zero-order chi connectivity index (χ0) is 19.1. The molecule has 1 amide bonds. The number of carbonyl (C=O) groups excluding carboxylic acids is 1. The molecule has 0 bridgehead atoms. The zero-order valence-corrected chi connectivity index (χ0v) is 15.2. The molecule has 6 nitrogen and oxygen atoms in total. The molecule has 138 valence electrons. The Kier molecular flexibility index (Phi) is 5.89. The molecule has 1 heterocycles. The summed E-state index contributed by atoms with van der Waals surface area (Å²) in [5.41, 5.74) is 2.31. The van der Waals surface area contributed by atoms with Gasteiger partial charge in [-0.1, -0.05) is 12.1 Å². The number of hydrogen-bond acceptors (Lipinski definition) is 5. The number of amides is 1. The molecule has 0 saturated carbocycles. The number of benzene rings is 2. The second-order valence-electron chi connectivity index (χ2n) is 5.81. The van der Waals surface area contributed by atoms with Gasteiger partial charge in [0.25, 0.3) is 5.91 Å². The van der Waals surface area contributed by atoms with E-state index in [-0.39, 0.29) is 5.91 Å². The Balaban J connectivity index is 1.62. The van der Waals surface area contributed by atoms with E-state index in [1.165, 1.54) is 0 Å². The van der Waals surface area contributed by atoms with Crippen molar-refractivity contribution in [1.82, 2.24) is 4.98 Å². The van der Waals surface area contributed by atoms with Gasteiger partial charge in [0.2, 0.25) is 0 Å². The zero-order valence-electron chi connectivity index (χ0n) is 15.2. The largest absolute Gasteiger partial charge is 0.497 e. The molecule has 0 atom stereocenters. The van der Waals surface area contributed by atoms with Crippen molar-refractivity contribution < 1.29 is 14.3 Å². The molecule has 3 rings (SSSR count). The molecule has 6 heteroatoms. The Morgan fingerprint density at radius 2 is 1.56 bits per heavy atom. The number of pyridine rings is 1. The predicted molar refractivity (Wildman–Crippen MR) is 106 cm³/mol. The summed E-state index contributed by atoms with van der Waals surface area (Å²) in [4.78, 5) is 16.7. The number of nitrogens with zero attached hydrogens (tertiary/aromatic N) is 1. The summed E-state index contributed by atoms with van der Waals surface area (Å²) in [6.07, 6.45) is 1.61. The maximum atomic E-state index is 12.5. The molecule has 1 aromatic heterocycles. The van der Waals surface area contributed by atoms with Crippen molar-refractivity contribution in [2.75, 3.05) is 24.9 Å². The van der Waals surface area contributed by atoms with E-state index in [1.807, 2.05) is 24.3 Å². The molecule has 0 unspecified atom stereocenters. The minimum atomic E-state index is -0.199. The molecule has 0 aliphatic carbocycles. The minimum absolute atomic E-state index is 0.199. The monoisotopic (exact) mass is 363 g/mol. The van der Waals surface area contributed by atoms with Crippen LogP contribution in [0.2, 0.25) is 0 Å². The molecule has 0 saturated heterocycles. The van der Waals surface area contributed by atoms with E-state index in [4.69, 9.17) is 9.47 Å². The SMILES string of the molecule is COc1ccc(CNc2cc(C(=O)Nc3ccc(OC)cc3)ccn2)cc1. The van der Waals surface area contributed by atoms with Crippen LogP contribution in [0.4, 0.5) is 11.5 Å². The van der Waals surface area contributed by atoms with E-state index in [0.29, 0.717) is 23.6 Å². The first kappa shape index (κ1) is 18.3. The van der Waals surface area contributed by atoms with Crippen LogP contribution < -0.4 is 20.1 Å². The number of ether oxygens (including phenoxy) is 2. The van der Waals surface area contributed by atoms with Crippen LogP contribution in [0.1, 0.15) is 15.9 Å². The fourth-order valence-electron chi connectivity index (χ4n) is 2.48. The third kappa shape index (κ3) is 4.98. The first-order valence-electron chi connectivity index (χ1n) is 8.46. The number of aromatic nitrogens is 1. The second kappa shape index (κ2) is 8.71. The van der Waals surface area contributed by atoms with Gasteiger partial charge >= 0.3 is 0 Å². The van der Waals surface area contributed by atoms with E-state index < -0.39 is 0 Å². The van der Waals surface area contributed by atoms with Crippen LogP contribution in [0.15, 0.2) is 66.9 Å². The van der Waals surface area contributed by atoms with Gasteiger partial charge in [0.15, 0.2) is 0 Å². The smallest absolute Gasteiger partial charge is 0.255 e. The molecular weight excluding hydrogens is 342 g/mol. The highest BCUT2D eigenvalue weighted by Gasteiger charge is 2.08. The average Bonchev–Trinajstić information content (AvgIpc) is 2.73. The third-order valence-corrected chi connectivity index (χ3v) is 4.00. The van der Waals surface area contributed by atoms with Crippen molar-refractivity contribution in [2.24, 2.45) is 0 Å². The molecule has 0 radical (unpaired) electrons. The Labute approximate surface area is 158 Å². The summed E-state index contributed by atoms with van der Waals surface area (Å²) in [6.45, 7) is 0.598. The predicted octanol–water partition coefficient (Wildman–Crippen LogP) is 3.96. The summed E-state index contributed by atoms with van der Waals surface area (Å²) in [5, 5.41) is 6.08. The number of methoxy groups -OCH3 is 2. The summed E-state index contributed by atoms with van der Waals surface area (Å²) < 4.78 is 10.3. The van der Waals surface area contributed by atoms with Gasteiger partial charge in [0.05, 0.1) is 14.2 Å². The number of nitrogens with one attached hydrogen (secondary N) is 2. The fraction of sp³-hybridized carbons (Fsp3) is 0.143. The highest BCUT2D eigenvalue weighted by Crippen LogP contribution is 2.17. The minimum Gasteiger partial charge on any atom is -0.497 e. The maximum Gasteiger partial charge on any atom is 0.255 e. The Bertz CT molecular complexity index is 893. The van der Waals surface area contributed by atoms with Crippen molar-refractivity contribution in [3.8, 4) is 11.5 Å². The first-order chi connectivity index (χ1) is 13.2. The molecule has 3 aromatic rings. The normalized spacial score (nSPS) is 10.1. The van der Waals surface area contributed by atoms with Crippen LogP contribution in [0.3, 0.4) is 0 Å². The lowest BCUT2D eigenvalue weighted by Crippen LogP contribution is -2.12. The van der Waals surface area contributed by atoms with Gasteiger partial charge in [-0.3, -0.25) is 4.79 Å². The lowest BCUT2D eigenvalue weighted by molar-refractivity contribution is 0.102. The van der Waals surface area contributed by atoms with E-state index in [2.05, 4.69) is 15.6 Å². The summed E-state index contributed by atoms with van der Waals surface area (Å²) in [6, 6.07) is 18.3. The number of hydrogen-bond donors (Lipinski definition) is 2. The van der Waals surface area contributed by atoms with Gasteiger partial charge in [-0.25, -0.2) is 4.98 Å². The topological polar surface area (TPSA) is 72.5 Å². The van der Waals surface area contributed by atoms with Crippen molar-refractivity contribution >= 4 is 17.4 Å². The van der Waals surface area contributed by atoms with Crippen LogP contribution in [-0.2, 0) is 6.54 Å². The first-order valence-corrected chi connectivity index (χ1v) is 8.46. The van der Waals surface area contributed by atoms with Crippen LogP contribution in [0.5, 0.6) is 11.5 Å². The number of rotatable bonds is 7. The Morgan fingerprint density at radius 3 is 2.19 bits per heavy atom. The van der Waals surface area contributed by atoms with Gasteiger partial charge < -0.3 is 20.1 Å². The summed E-state index contributed by atoms with van der Waals surface area (Å²) >= 11 is 0. The molecule has 27 heavy (non-hydrogen) atoms. The number of anilines is 2. The van der Waals surface area contributed by atoms with Crippen molar-refractivity contribution in [2.45, 2.75) is 6.54 Å². The molecule has 0 fully saturated rings. The fourth-order valence-corrected chi connectivity index (χ4v) is 2.48. The van der Waals surface area contributed by atoms with Crippen molar-refractivity contribution in [3.63, 3.8) is 0 Å². The summed E-state index contributed by atoms with van der Waals surface area (Å²) in [5.74, 6) is 1.99. The van der Waals surface area contributed by atoms with Crippen LogP contribution in [-0.4, -0.2) is 25.1 Å². The lowest BCUT2D eigenvalue weighted by atomic mass is 10.2. The van der Waals surface area contributed by atoms with Gasteiger partial charge in [-0.05, 0) is 54.1 Å². The summed E-state index contributed by atoms with van der Waals surface area (Å²) in [7, 11) is 3.24. The quantitative estimate of drug-likeness (QED) is 0.665. The van der Waals surface area contributed by atoms with Crippen molar-refractivity contribution in [3.05, 3.63) is 78.0 Å². The van der Waals surface area contributed by atoms with Gasteiger partial charge in [-0.2, -0.15) is 0 Å². The van der Waals surface area contributed by atoms with Crippen LogP contribution >= 0.6 is 0 Å². The molecule has 0 spiro atoms. The second-order valence-corrected chi connectivity index (χ2v) is 5.81. The van der Waals surface area contributed by atoms with Crippen LogP contribution in [0.25, 0.3) is 0 Å². The molecule has 2 aromatic carbocycles.